The largest absolute Gasteiger partial charge is 0.471 e. The third kappa shape index (κ3) is 4.29. The van der Waals surface area contributed by atoms with Gasteiger partial charge in [-0.15, -0.1) is 0 Å². The van der Waals surface area contributed by atoms with Gasteiger partial charge in [0.2, 0.25) is 11.8 Å². The van der Waals surface area contributed by atoms with Crippen LogP contribution >= 0.6 is 11.6 Å². The van der Waals surface area contributed by atoms with E-state index in [9.17, 15) is 18.4 Å². The lowest BCUT2D eigenvalue weighted by Gasteiger charge is -2.16. The molecule has 29 heavy (non-hydrogen) atoms. The van der Waals surface area contributed by atoms with E-state index in [1.807, 2.05) is 0 Å². The Morgan fingerprint density at radius 1 is 1.38 bits per heavy atom. The first-order chi connectivity index (χ1) is 13.9. The van der Waals surface area contributed by atoms with Crippen LogP contribution in [0.4, 0.5) is 14.6 Å². The van der Waals surface area contributed by atoms with Gasteiger partial charge in [-0.1, -0.05) is 11.6 Å². The number of nitrogens with zero attached hydrogens (tertiary/aromatic N) is 3. The van der Waals surface area contributed by atoms with Crippen LogP contribution in [0.25, 0.3) is 0 Å². The molecule has 1 saturated carbocycles. The van der Waals surface area contributed by atoms with Crippen molar-refractivity contribution in [3.05, 3.63) is 46.2 Å². The Morgan fingerprint density at radius 2 is 2.17 bits per heavy atom. The van der Waals surface area contributed by atoms with E-state index in [-0.39, 0.29) is 41.7 Å². The summed E-state index contributed by atoms with van der Waals surface area (Å²) in [6.45, 7) is -0.302. The number of aromatic nitrogens is 2. The molecule has 0 unspecified atom stereocenters. The molecule has 2 aliphatic rings. The van der Waals surface area contributed by atoms with E-state index in [0.29, 0.717) is 22.5 Å². The smallest absolute Gasteiger partial charge is 0.272 e. The van der Waals surface area contributed by atoms with Crippen LogP contribution in [0.5, 0.6) is 5.88 Å². The molecule has 1 N–H and O–H groups in total. The lowest BCUT2D eigenvalue weighted by Crippen LogP contribution is -2.23. The topological polar surface area (TPSA) is 84.4 Å². The van der Waals surface area contributed by atoms with Crippen LogP contribution in [0.15, 0.2) is 24.5 Å². The van der Waals surface area contributed by atoms with Crippen LogP contribution in [0.1, 0.15) is 34.3 Å². The van der Waals surface area contributed by atoms with Crippen LogP contribution in [-0.4, -0.2) is 39.7 Å². The summed E-state index contributed by atoms with van der Waals surface area (Å²) >= 11 is 6.05. The van der Waals surface area contributed by atoms with E-state index in [4.69, 9.17) is 16.3 Å². The molecule has 3 heterocycles. The number of fused-ring (bicyclic) bond motifs is 1. The maximum atomic E-state index is 12.7. The Bertz CT molecular complexity index is 968. The standard InChI is InChI=1S/C19H17ClF2N4O3/c20-14-5-10(6-24-18(14)29-9-15(21)22)7-26-8-13-12(19(26)28)3-4-23-16(13)25-17(27)11-1-2-11/h3-6,11,15H,1-2,7-9H2,(H,23,25,27). The first kappa shape index (κ1) is 19.5. The zero-order chi connectivity index (χ0) is 20.5. The molecule has 152 valence electrons. The highest BCUT2D eigenvalue weighted by Gasteiger charge is 2.33. The van der Waals surface area contributed by atoms with Gasteiger partial charge in [0.25, 0.3) is 12.3 Å². The fraction of sp³-hybridized carbons (Fsp3) is 0.368. The van der Waals surface area contributed by atoms with Crippen molar-refractivity contribution in [2.45, 2.75) is 32.4 Å². The summed E-state index contributed by atoms with van der Waals surface area (Å²) in [6.07, 6.45) is 2.04. The molecule has 10 heteroatoms. The second-order valence-corrected chi connectivity index (χ2v) is 7.35. The molecule has 1 aliphatic heterocycles. The van der Waals surface area contributed by atoms with Crippen LogP contribution < -0.4 is 10.1 Å². The van der Waals surface area contributed by atoms with Crippen LogP contribution in [-0.2, 0) is 17.9 Å². The number of amides is 2. The first-order valence-electron chi connectivity index (χ1n) is 9.05. The molecule has 0 aromatic carbocycles. The van der Waals surface area contributed by atoms with Gasteiger partial charge in [0.05, 0.1) is 6.54 Å². The quantitative estimate of drug-likeness (QED) is 0.740. The minimum Gasteiger partial charge on any atom is -0.471 e. The molecule has 0 bridgehead atoms. The summed E-state index contributed by atoms with van der Waals surface area (Å²) in [6, 6.07) is 3.15. The summed E-state index contributed by atoms with van der Waals surface area (Å²) in [5.74, 6) is 0.0775. The fourth-order valence-corrected chi connectivity index (χ4v) is 3.35. The molecular weight excluding hydrogens is 406 g/mol. The van der Waals surface area contributed by atoms with Crippen molar-refractivity contribution in [3.8, 4) is 5.88 Å². The predicted octanol–water partition coefficient (Wildman–Crippen LogP) is 3.28. The van der Waals surface area contributed by atoms with E-state index >= 15 is 0 Å². The van der Waals surface area contributed by atoms with Gasteiger partial charge in [0, 0.05) is 36.0 Å². The van der Waals surface area contributed by atoms with E-state index in [0.717, 1.165) is 12.8 Å². The molecule has 0 radical (unpaired) electrons. The number of hydrogen-bond donors (Lipinski definition) is 1. The van der Waals surface area contributed by atoms with E-state index in [1.54, 1.807) is 11.0 Å². The fourth-order valence-electron chi connectivity index (χ4n) is 3.11. The monoisotopic (exact) mass is 422 g/mol. The maximum Gasteiger partial charge on any atom is 0.272 e. The molecular formula is C19H17ClF2N4O3. The number of ether oxygens (including phenoxy) is 1. The summed E-state index contributed by atoms with van der Waals surface area (Å²) < 4.78 is 29.4. The third-order valence-electron chi connectivity index (χ3n) is 4.70. The van der Waals surface area contributed by atoms with Gasteiger partial charge >= 0.3 is 0 Å². The minimum absolute atomic E-state index is 0.0277. The van der Waals surface area contributed by atoms with Crippen molar-refractivity contribution in [1.29, 1.82) is 0 Å². The Morgan fingerprint density at radius 3 is 2.86 bits per heavy atom. The highest BCUT2D eigenvalue weighted by molar-refractivity contribution is 6.31. The number of nitrogens with one attached hydrogen (secondary N) is 1. The molecule has 0 saturated heterocycles. The molecule has 2 aromatic heterocycles. The Kier molecular flexibility index (Phi) is 5.31. The summed E-state index contributed by atoms with van der Waals surface area (Å²) in [5.41, 5.74) is 1.78. The Labute approximate surface area is 170 Å². The van der Waals surface area contributed by atoms with Crippen LogP contribution in [0.3, 0.4) is 0 Å². The molecule has 0 atom stereocenters. The number of carbonyl (C=O) groups is 2. The lowest BCUT2D eigenvalue weighted by molar-refractivity contribution is -0.117. The number of anilines is 1. The van der Waals surface area contributed by atoms with E-state index < -0.39 is 13.0 Å². The van der Waals surface area contributed by atoms with Crippen molar-refractivity contribution in [1.82, 2.24) is 14.9 Å². The van der Waals surface area contributed by atoms with E-state index in [1.165, 1.54) is 18.5 Å². The van der Waals surface area contributed by atoms with Gasteiger partial charge in [0.1, 0.15) is 10.8 Å². The van der Waals surface area contributed by atoms with E-state index in [2.05, 4.69) is 15.3 Å². The summed E-state index contributed by atoms with van der Waals surface area (Å²) in [4.78, 5) is 34.5. The number of pyridine rings is 2. The number of hydrogen-bond acceptors (Lipinski definition) is 5. The summed E-state index contributed by atoms with van der Waals surface area (Å²) in [5, 5.41) is 2.90. The van der Waals surface area contributed by atoms with Gasteiger partial charge in [-0.2, -0.15) is 0 Å². The van der Waals surface area contributed by atoms with Crippen molar-refractivity contribution >= 4 is 29.2 Å². The minimum atomic E-state index is -2.63. The number of rotatable bonds is 7. The van der Waals surface area contributed by atoms with Gasteiger partial charge in [-0.05, 0) is 30.5 Å². The maximum absolute atomic E-state index is 12.7. The number of alkyl halides is 2. The molecule has 1 aliphatic carbocycles. The second kappa shape index (κ2) is 7.90. The highest BCUT2D eigenvalue weighted by atomic mass is 35.5. The molecule has 2 aromatic rings. The number of carbonyl (C=O) groups excluding carboxylic acids is 2. The number of halogens is 3. The average Bonchev–Trinajstić information content (AvgIpc) is 3.48. The van der Waals surface area contributed by atoms with Gasteiger partial charge in [0.15, 0.2) is 6.61 Å². The van der Waals surface area contributed by atoms with Gasteiger partial charge < -0.3 is 15.0 Å². The average molecular weight is 423 g/mol. The molecule has 2 amide bonds. The third-order valence-corrected chi connectivity index (χ3v) is 4.97. The normalized spacial score (nSPS) is 15.6. The van der Waals surface area contributed by atoms with Crippen molar-refractivity contribution in [2.24, 2.45) is 5.92 Å². The van der Waals surface area contributed by atoms with Crippen molar-refractivity contribution < 1.29 is 23.1 Å². The zero-order valence-corrected chi connectivity index (χ0v) is 16.0. The van der Waals surface area contributed by atoms with Crippen molar-refractivity contribution in [2.75, 3.05) is 11.9 Å². The molecule has 0 spiro atoms. The summed E-state index contributed by atoms with van der Waals surface area (Å²) in [7, 11) is 0. The van der Waals surface area contributed by atoms with Gasteiger partial charge in [-0.3, -0.25) is 9.59 Å². The Hall–Kier alpha value is -2.81. The van der Waals surface area contributed by atoms with Gasteiger partial charge in [-0.25, -0.2) is 18.7 Å². The van der Waals surface area contributed by atoms with Crippen LogP contribution in [0, 0.1) is 5.92 Å². The van der Waals surface area contributed by atoms with Crippen molar-refractivity contribution in [3.63, 3.8) is 0 Å². The molecule has 4 rings (SSSR count). The Balaban J connectivity index is 1.47. The predicted molar refractivity (Wildman–Crippen MR) is 99.9 cm³/mol. The molecule has 1 fully saturated rings. The lowest BCUT2D eigenvalue weighted by atomic mass is 10.1. The molecule has 7 nitrogen and oxygen atoms in total. The second-order valence-electron chi connectivity index (χ2n) is 6.94. The first-order valence-corrected chi connectivity index (χ1v) is 9.43. The van der Waals surface area contributed by atoms with Crippen LogP contribution in [0.2, 0.25) is 5.02 Å². The highest BCUT2D eigenvalue weighted by Crippen LogP contribution is 2.33. The zero-order valence-electron chi connectivity index (χ0n) is 15.2. The SMILES string of the molecule is O=C(Nc1nccc2c1CN(Cc1cnc(OCC(F)F)c(Cl)c1)C2=O)C1CC1.